The van der Waals surface area contributed by atoms with E-state index < -0.39 is 18.9 Å². The van der Waals surface area contributed by atoms with Gasteiger partial charge in [0.15, 0.2) is 0 Å². The number of hydrogen-bond acceptors (Lipinski definition) is 22. The number of fused-ring (bicyclic) bond motifs is 4. The van der Waals surface area contributed by atoms with Crippen LogP contribution in [0, 0.1) is 41.1 Å². The molecule has 11 aromatic carbocycles. The third-order valence-corrected chi connectivity index (χ3v) is 25.0. The van der Waals surface area contributed by atoms with E-state index in [1.54, 1.807) is 87.5 Å². The number of aliphatic hydroxyl groups excluding tert-OH is 1. The SMILES string of the molecule is CCOC(=O)Cc1ccccc1O.CCOC(=O)Cc1ccccc1OCc1cc(-c2cccc(CN)c2F)c2cn(CC3CC3)nc2c1.CCOC(=O)Cc1ccccc1OCc1cc(Br)c2cn(CC3CC3)nc2c1.Cl.NCc1cccc(-c2cc(COc3ccccc3CC(=O)O)cc3nn(CC4CC4)cc23)c1F.NCc1cccc(B(O)O)c1F.OCc1cc(Br)c2cn(CC3CC3)nc2c1.[Li+].[OH-]. The smallest absolute Gasteiger partial charge is 0.870 e. The molecule has 142 heavy (non-hydrogen) atoms. The third-order valence-electron chi connectivity index (χ3n) is 23.7. The number of aliphatic hydroxyl groups is 1. The maximum atomic E-state index is 15.4. The molecule has 0 unspecified atom stereocenters. The number of aromatic hydroxyl groups is 1. The van der Waals surface area contributed by atoms with Crippen molar-refractivity contribution in [1.29, 1.82) is 0 Å². The number of carbonyl (C=O) groups is 4. The van der Waals surface area contributed by atoms with E-state index >= 15 is 8.78 Å². The molecule has 35 heteroatoms. The molecule has 19 rings (SSSR count). The van der Waals surface area contributed by atoms with Crippen molar-refractivity contribution in [2.24, 2.45) is 40.9 Å². The molecule has 0 saturated heterocycles. The summed E-state index contributed by atoms with van der Waals surface area (Å²) >= 11 is 7.18. The Hall–Kier alpha value is -12.2. The van der Waals surface area contributed by atoms with Crippen molar-refractivity contribution in [3.05, 3.63) is 313 Å². The van der Waals surface area contributed by atoms with Crippen LogP contribution >= 0.6 is 44.3 Å². The standard InChI is InChI=1S/C29H30FN3O3.C27H26FN3O3.C22H23BrN2O3.C12H13BrN2O.C10H12O3.C7H9BFNO2.ClH.Li.H2O/c1-2-35-28(34)14-21-6-3-4-9-27(21)36-18-20-12-24(23-8-5-7-22(15-31)29(23)30)25-17-33(16-19-10-11-19)32-26(25)13-20;28-27-20(13-29)5-3-6-21(27)22-10-18(11-24-23(22)15-31(30-24)14-17-8-9-17)16-34-25-7-2-1-4-19(25)12-26(32)33;1-2-27-22(26)11-17-5-3-4-6-21(17)28-14-16-9-19(23)18-13-25(12-15-7-8-15)24-20(18)10-16;13-11-3-9(7-16)4-12-10(11)6-15(14-12)5-8-1-2-8;1-2-13-10(12)7-8-5-3-4-6-9(8)11;9-7-5(4-10)2-1-3-6(7)8(11)12;;;/h3-9,12-13,17,19H,2,10-11,14-16,18,31H2,1H3;1-7,10-11,15,17H,8-9,12-14,16,29H2,(H,32,33);3-6,9-10,13,15H,2,7-8,11-12,14H2,1H3;3-4,6,8,16H,1-2,5,7H2;3-6,11H,2,7H2,1H3;1-3,11-12H,4,10H2;1H;;1H2/q;;;;;;;+1;/p-1. The van der Waals surface area contributed by atoms with E-state index in [-0.39, 0.29) is 148 Å². The number of carbonyl (C=O) groups excluding carboxylic acids is 3. The minimum atomic E-state index is -1.78. The number of esters is 3. The van der Waals surface area contributed by atoms with E-state index in [1.807, 2.05) is 134 Å². The van der Waals surface area contributed by atoms with Crippen molar-refractivity contribution in [2.45, 2.75) is 170 Å². The van der Waals surface area contributed by atoms with Crippen LogP contribution in [0.1, 0.15) is 133 Å². The van der Waals surface area contributed by atoms with Crippen molar-refractivity contribution in [1.82, 2.24) is 39.1 Å². The quantitative estimate of drug-likeness (QED) is 0.0104. The molecule has 4 aliphatic rings. The number of benzene rings is 11. The van der Waals surface area contributed by atoms with Crippen LogP contribution in [0.15, 0.2) is 234 Å². The minimum absolute atomic E-state index is 0. The zero-order valence-electron chi connectivity index (χ0n) is 79.5. The first-order valence-corrected chi connectivity index (χ1v) is 48.2. The molecule has 0 aliphatic heterocycles. The zero-order chi connectivity index (χ0) is 98.2. The normalized spacial score (nSPS) is 12.7. The number of nitrogens with two attached hydrogens (primary N) is 3. The molecule has 12 N–H and O–H groups in total. The molecule has 0 radical (unpaired) electrons. The monoisotopic (exact) mass is 2080 g/mol. The molecule has 0 amide bonds. The number of aromatic nitrogens is 8. The molecule has 4 heterocycles. The summed E-state index contributed by atoms with van der Waals surface area (Å²) in [5, 5.41) is 67.9. The van der Waals surface area contributed by atoms with Gasteiger partial charge in [-0.2, -0.15) is 20.4 Å². The van der Waals surface area contributed by atoms with E-state index in [4.69, 9.17) is 76.1 Å². The predicted octanol–water partition coefficient (Wildman–Crippen LogP) is 15.6. The summed E-state index contributed by atoms with van der Waals surface area (Å²) in [5.41, 5.74) is 30.2. The Morgan fingerprint density at radius 2 is 0.704 bits per heavy atom. The van der Waals surface area contributed by atoms with Gasteiger partial charge in [-0.3, -0.25) is 37.9 Å². The third kappa shape index (κ3) is 30.9. The van der Waals surface area contributed by atoms with E-state index in [0.717, 1.165) is 135 Å². The Morgan fingerprint density at radius 3 is 1.05 bits per heavy atom. The first kappa shape index (κ1) is 110. The molecule has 0 spiro atoms. The van der Waals surface area contributed by atoms with Crippen LogP contribution in [0.3, 0.4) is 0 Å². The number of halogens is 6. The average molecular weight is 2080 g/mol. The summed E-state index contributed by atoms with van der Waals surface area (Å²) in [6, 6.07) is 59.6. The van der Waals surface area contributed by atoms with Crippen LogP contribution in [-0.4, -0.2) is 121 Å². The van der Waals surface area contributed by atoms with Gasteiger partial charge in [0.2, 0.25) is 0 Å². The maximum absolute atomic E-state index is 15.4. The number of para-hydroxylation sites is 4. The van der Waals surface area contributed by atoms with Crippen LogP contribution in [0.5, 0.6) is 23.0 Å². The fraction of sp³-hybridized carbons (Fsp3) is 0.308. The molecule has 4 aromatic heterocycles. The number of carboxylic acid groups (broad SMARTS) is 1. The van der Waals surface area contributed by atoms with Crippen molar-refractivity contribution in [2.75, 3.05) is 19.8 Å². The van der Waals surface area contributed by atoms with Crippen LogP contribution in [0.25, 0.3) is 65.9 Å². The number of hydrogen-bond donors (Lipinski definition) is 8. The molecular formula is C107H115BBr2ClF3LiN11O16. The minimum Gasteiger partial charge on any atom is -0.870 e. The van der Waals surface area contributed by atoms with Crippen LogP contribution in [-0.2, 0) is 131 Å². The summed E-state index contributed by atoms with van der Waals surface area (Å²) in [6.45, 7) is 11.4. The number of carboxylic acids is 1. The topological polar surface area (TPSA) is 404 Å². The Bertz CT molecular complexity index is 6820. The van der Waals surface area contributed by atoms with E-state index in [0.29, 0.717) is 88.9 Å². The second kappa shape index (κ2) is 53.2. The molecule has 0 atom stereocenters. The number of rotatable bonds is 35. The van der Waals surface area contributed by atoms with Gasteiger partial charge in [-0.1, -0.05) is 159 Å². The van der Waals surface area contributed by atoms with Crippen molar-refractivity contribution in [3.63, 3.8) is 0 Å². The van der Waals surface area contributed by atoms with Gasteiger partial charge >= 0.3 is 49.9 Å². The largest absolute Gasteiger partial charge is 1.00 e. The Kier molecular flexibility index (Phi) is 41.3. The Labute approximate surface area is 856 Å². The van der Waals surface area contributed by atoms with Crippen molar-refractivity contribution < 1.29 is 110 Å². The Balaban J connectivity index is 0.000000169. The molecule has 4 aliphatic carbocycles. The van der Waals surface area contributed by atoms with Crippen molar-refractivity contribution in [3.8, 4) is 45.3 Å². The van der Waals surface area contributed by atoms with E-state index in [9.17, 15) is 33.8 Å². The number of phenolic OH excluding ortho intramolecular Hbond substituents is 1. The predicted molar refractivity (Wildman–Crippen MR) is 544 cm³/mol. The fourth-order valence-electron chi connectivity index (χ4n) is 15.9. The molecule has 4 fully saturated rings. The van der Waals surface area contributed by atoms with E-state index in [2.05, 4.69) is 61.5 Å². The van der Waals surface area contributed by atoms with Gasteiger partial charge in [-0.25, -0.2) is 13.2 Å². The van der Waals surface area contributed by atoms with Crippen LogP contribution in [0.4, 0.5) is 13.2 Å². The molecule has 15 aromatic rings. The zero-order valence-corrected chi connectivity index (χ0v) is 83.5. The van der Waals surface area contributed by atoms with Gasteiger partial charge in [0.25, 0.3) is 0 Å². The number of nitrogens with zero attached hydrogens (tertiary/aromatic N) is 8. The van der Waals surface area contributed by atoms with Crippen LogP contribution < -0.4 is 55.7 Å². The van der Waals surface area contributed by atoms with Crippen molar-refractivity contribution >= 4 is 124 Å². The molecular weight excluding hydrogens is 1970 g/mol. The number of phenols is 1. The van der Waals surface area contributed by atoms with Gasteiger partial charge in [-0.05, 0) is 202 Å². The average Bonchev–Trinajstić information content (AvgIpc) is 1.46. The summed E-state index contributed by atoms with van der Waals surface area (Å²) in [4.78, 5) is 46.1. The van der Waals surface area contributed by atoms with Gasteiger partial charge < -0.3 is 76.5 Å². The molecule has 27 nitrogen and oxygen atoms in total. The summed E-state index contributed by atoms with van der Waals surface area (Å²) in [7, 11) is -1.78. The van der Waals surface area contributed by atoms with Gasteiger partial charge in [0.1, 0.15) is 60.3 Å². The van der Waals surface area contributed by atoms with Gasteiger partial charge in [0, 0.05) is 157 Å². The second-order valence-corrected chi connectivity index (χ2v) is 36.4. The fourth-order valence-corrected chi connectivity index (χ4v) is 17.1. The first-order chi connectivity index (χ1) is 67.3. The maximum Gasteiger partial charge on any atom is 1.00 e. The Morgan fingerprint density at radius 1 is 0.401 bits per heavy atom. The second-order valence-electron chi connectivity index (χ2n) is 34.7. The van der Waals surface area contributed by atoms with Crippen LogP contribution in [0.2, 0.25) is 0 Å². The number of ether oxygens (including phenoxy) is 6. The molecule has 4 saturated carbocycles. The summed E-state index contributed by atoms with van der Waals surface area (Å²) in [6.07, 6.45) is 18.7. The van der Waals surface area contributed by atoms with Gasteiger partial charge in [0.05, 0.1) is 74.2 Å². The summed E-state index contributed by atoms with van der Waals surface area (Å²) in [5.74, 6) is 1.83. The van der Waals surface area contributed by atoms with E-state index in [1.165, 1.54) is 69.6 Å². The van der Waals surface area contributed by atoms with Gasteiger partial charge in [-0.15, -0.1) is 12.4 Å². The first-order valence-electron chi connectivity index (χ1n) is 46.6. The summed E-state index contributed by atoms with van der Waals surface area (Å²) < 4.78 is 86.8. The molecule has 740 valence electrons. The number of aliphatic carboxylic acids is 1. The molecule has 0 bridgehead atoms.